The smallest absolute Gasteiger partial charge is 0.118 e. The van der Waals surface area contributed by atoms with Gasteiger partial charge in [-0.2, -0.15) is 0 Å². The average molecular weight is 324 g/mol. The van der Waals surface area contributed by atoms with Crippen molar-refractivity contribution in [1.29, 1.82) is 0 Å². The number of methoxy groups -OCH3 is 2. The van der Waals surface area contributed by atoms with E-state index in [1.165, 1.54) is 56.1 Å². The van der Waals surface area contributed by atoms with Crippen molar-refractivity contribution in [1.82, 2.24) is 0 Å². The summed E-state index contributed by atoms with van der Waals surface area (Å²) < 4.78 is 10.7. The average Bonchev–Trinajstić information content (AvgIpc) is 2.62. The zero-order valence-electron chi connectivity index (χ0n) is 14.9. The van der Waals surface area contributed by atoms with Crippen LogP contribution >= 0.6 is 0 Å². The molecular weight excluding hydrogens is 296 g/mol. The zero-order valence-corrected chi connectivity index (χ0v) is 14.9. The van der Waals surface area contributed by atoms with Crippen molar-refractivity contribution < 1.29 is 9.47 Å². The van der Waals surface area contributed by atoms with Gasteiger partial charge in [0, 0.05) is 5.41 Å². The maximum absolute atomic E-state index is 5.35. The largest absolute Gasteiger partial charge is 0.497 e. The van der Waals surface area contributed by atoms with Gasteiger partial charge in [-0.15, -0.1) is 0 Å². The molecule has 2 nitrogen and oxygen atoms in total. The first-order valence-electron chi connectivity index (χ1n) is 9.07. The predicted octanol–water partition coefficient (Wildman–Crippen LogP) is 5.73. The lowest BCUT2D eigenvalue weighted by atomic mass is 9.67. The first-order chi connectivity index (χ1) is 11.8. The highest BCUT2D eigenvalue weighted by atomic mass is 16.5. The predicted molar refractivity (Wildman–Crippen MR) is 99.1 cm³/mol. The second kappa shape index (κ2) is 7.74. The molecule has 3 rings (SSSR count). The van der Waals surface area contributed by atoms with Gasteiger partial charge in [0.25, 0.3) is 0 Å². The molecule has 128 valence electrons. The lowest BCUT2D eigenvalue weighted by molar-refractivity contribution is 0.364. The Morgan fingerprint density at radius 2 is 0.958 bits per heavy atom. The SMILES string of the molecule is COc1ccc(C2(c3ccc(OC)cc3)CCCCCCC2)cc1. The van der Waals surface area contributed by atoms with Crippen LogP contribution in [-0.2, 0) is 5.41 Å². The van der Waals surface area contributed by atoms with E-state index in [-0.39, 0.29) is 5.41 Å². The summed E-state index contributed by atoms with van der Waals surface area (Å²) in [5.74, 6) is 1.85. The van der Waals surface area contributed by atoms with E-state index in [4.69, 9.17) is 9.47 Å². The molecule has 0 saturated heterocycles. The minimum atomic E-state index is 0.110. The first kappa shape index (κ1) is 16.9. The highest BCUT2D eigenvalue weighted by molar-refractivity contribution is 5.43. The number of benzene rings is 2. The third kappa shape index (κ3) is 3.43. The molecule has 24 heavy (non-hydrogen) atoms. The lowest BCUT2D eigenvalue weighted by Crippen LogP contribution is -2.28. The molecule has 1 aliphatic rings. The van der Waals surface area contributed by atoms with Crippen LogP contribution in [0.25, 0.3) is 0 Å². The van der Waals surface area contributed by atoms with E-state index in [0.29, 0.717) is 0 Å². The third-order valence-electron chi connectivity index (χ3n) is 5.49. The fourth-order valence-electron chi connectivity index (χ4n) is 4.07. The second-order valence-electron chi connectivity index (χ2n) is 6.81. The van der Waals surface area contributed by atoms with Crippen LogP contribution in [0.4, 0.5) is 0 Å². The molecule has 0 aromatic heterocycles. The van der Waals surface area contributed by atoms with Gasteiger partial charge in [0.05, 0.1) is 14.2 Å². The van der Waals surface area contributed by atoms with Crippen molar-refractivity contribution in [2.75, 3.05) is 14.2 Å². The summed E-state index contributed by atoms with van der Waals surface area (Å²) in [4.78, 5) is 0. The van der Waals surface area contributed by atoms with E-state index in [2.05, 4.69) is 48.5 Å². The van der Waals surface area contributed by atoms with Crippen LogP contribution < -0.4 is 9.47 Å². The van der Waals surface area contributed by atoms with Gasteiger partial charge in [-0.3, -0.25) is 0 Å². The summed E-state index contributed by atoms with van der Waals surface area (Å²) in [6.07, 6.45) is 9.07. The van der Waals surface area contributed by atoms with Gasteiger partial charge >= 0.3 is 0 Å². The minimum Gasteiger partial charge on any atom is -0.497 e. The van der Waals surface area contributed by atoms with Gasteiger partial charge in [-0.1, -0.05) is 56.4 Å². The van der Waals surface area contributed by atoms with Crippen LogP contribution in [0.2, 0.25) is 0 Å². The van der Waals surface area contributed by atoms with E-state index < -0.39 is 0 Å². The molecular formula is C22H28O2. The van der Waals surface area contributed by atoms with E-state index >= 15 is 0 Å². The Kier molecular flexibility index (Phi) is 5.44. The number of rotatable bonds is 4. The molecule has 1 saturated carbocycles. The zero-order chi connectivity index (χ0) is 16.8. The fraction of sp³-hybridized carbons (Fsp3) is 0.455. The Hall–Kier alpha value is -1.96. The lowest BCUT2D eigenvalue weighted by Gasteiger charge is -2.37. The molecule has 0 heterocycles. The second-order valence-corrected chi connectivity index (χ2v) is 6.81. The maximum Gasteiger partial charge on any atom is 0.118 e. The van der Waals surface area contributed by atoms with Crippen molar-refractivity contribution in [3.63, 3.8) is 0 Å². The van der Waals surface area contributed by atoms with Crippen LogP contribution in [0.1, 0.15) is 56.1 Å². The third-order valence-corrected chi connectivity index (χ3v) is 5.49. The number of hydrogen-bond donors (Lipinski definition) is 0. The molecule has 1 aliphatic carbocycles. The highest BCUT2D eigenvalue weighted by Gasteiger charge is 2.34. The van der Waals surface area contributed by atoms with Crippen molar-refractivity contribution in [3.05, 3.63) is 59.7 Å². The van der Waals surface area contributed by atoms with E-state index in [0.717, 1.165) is 11.5 Å². The molecule has 2 aromatic carbocycles. The Balaban J connectivity index is 2.03. The van der Waals surface area contributed by atoms with Crippen molar-refractivity contribution in [2.45, 2.75) is 50.4 Å². The molecule has 2 heteroatoms. The van der Waals surface area contributed by atoms with Crippen LogP contribution in [0, 0.1) is 0 Å². The molecule has 0 amide bonds. The first-order valence-corrected chi connectivity index (χ1v) is 9.07. The van der Waals surface area contributed by atoms with Gasteiger partial charge < -0.3 is 9.47 Å². The fourth-order valence-corrected chi connectivity index (χ4v) is 4.07. The normalized spacial score (nSPS) is 17.6. The van der Waals surface area contributed by atoms with Crippen LogP contribution in [0.5, 0.6) is 11.5 Å². The molecule has 0 unspecified atom stereocenters. The maximum atomic E-state index is 5.35. The topological polar surface area (TPSA) is 18.5 Å². The van der Waals surface area contributed by atoms with Gasteiger partial charge in [-0.25, -0.2) is 0 Å². The Morgan fingerprint density at radius 1 is 0.583 bits per heavy atom. The van der Waals surface area contributed by atoms with Gasteiger partial charge in [0.2, 0.25) is 0 Å². The standard InChI is InChI=1S/C22H28O2/c1-23-20-12-8-18(9-13-20)22(16-6-4-3-5-7-17-22)19-10-14-21(24-2)15-11-19/h8-15H,3-7,16-17H2,1-2H3. The van der Waals surface area contributed by atoms with E-state index in [9.17, 15) is 0 Å². The minimum absolute atomic E-state index is 0.110. The molecule has 1 fully saturated rings. The highest BCUT2D eigenvalue weighted by Crippen LogP contribution is 2.44. The van der Waals surface area contributed by atoms with E-state index in [1.54, 1.807) is 14.2 Å². The molecule has 2 aromatic rings. The van der Waals surface area contributed by atoms with Gasteiger partial charge in [0.1, 0.15) is 11.5 Å². The van der Waals surface area contributed by atoms with Crippen molar-refractivity contribution >= 4 is 0 Å². The Labute approximate surface area is 145 Å². The Bertz CT molecular complexity index is 571. The number of hydrogen-bond acceptors (Lipinski definition) is 2. The molecule has 0 N–H and O–H groups in total. The quantitative estimate of drug-likeness (QED) is 0.714. The number of ether oxygens (including phenoxy) is 2. The Morgan fingerprint density at radius 3 is 1.33 bits per heavy atom. The van der Waals surface area contributed by atoms with E-state index in [1.807, 2.05) is 0 Å². The monoisotopic (exact) mass is 324 g/mol. The molecule has 0 atom stereocenters. The summed E-state index contributed by atoms with van der Waals surface area (Å²) >= 11 is 0. The van der Waals surface area contributed by atoms with Crippen molar-refractivity contribution in [3.8, 4) is 11.5 Å². The summed E-state index contributed by atoms with van der Waals surface area (Å²) in [5.41, 5.74) is 2.93. The molecule has 0 bridgehead atoms. The van der Waals surface area contributed by atoms with Crippen LogP contribution in [0.15, 0.2) is 48.5 Å². The summed E-state index contributed by atoms with van der Waals surface area (Å²) in [5, 5.41) is 0. The van der Waals surface area contributed by atoms with Crippen LogP contribution in [0.3, 0.4) is 0 Å². The van der Waals surface area contributed by atoms with Crippen molar-refractivity contribution in [2.24, 2.45) is 0 Å². The summed E-state index contributed by atoms with van der Waals surface area (Å²) in [7, 11) is 3.45. The molecule has 0 aliphatic heterocycles. The molecule has 0 radical (unpaired) electrons. The van der Waals surface area contributed by atoms with Gasteiger partial charge in [0.15, 0.2) is 0 Å². The summed E-state index contributed by atoms with van der Waals surface area (Å²) in [6, 6.07) is 17.4. The van der Waals surface area contributed by atoms with Gasteiger partial charge in [-0.05, 0) is 48.2 Å². The summed E-state index contributed by atoms with van der Waals surface area (Å²) in [6.45, 7) is 0. The molecule has 0 spiro atoms. The van der Waals surface area contributed by atoms with Crippen LogP contribution in [-0.4, -0.2) is 14.2 Å².